The van der Waals surface area contributed by atoms with E-state index in [9.17, 15) is 38.0 Å². The molecule has 3 amide bonds. The van der Waals surface area contributed by atoms with Crippen LogP contribution in [0.1, 0.15) is 84.6 Å². The van der Waals surface area contributed by atoms with Gasteiger partial charge in [-0.1, -0.05) is 72.4 Å². The van der Waals surface area contributed by atoms with E-state index in [2.05, 4.69) is 169 Å². The number of carboxylic acids is 2. The number of nitrogens with zero attached hydrogens (tertiary/aromatic N) is 19. The first kappa shape index (κ1) is 113. The van der Waals surface area contributed by atoms with Gasteiger partial charge in [0.15, 0.2) is 66.3 Å². The number of pyridine rings is 5. The number of alkyl halides is 1. The molecule has 4 radical (unpaired) electrons. The molecule has 0 aliphatic carbocycles. The molecule has 4 bridgehead atoms. The van der Waals surface area contributed by atoms with E-state index in [-0.39, 0.29) is 160 Å². The number of nitrogens with one attached hydrogen (secondary N) is 3. The number of aromatic amines is 2. The fourth-order valence-corrected chi connectivity index (χ4v) is 9.51. The van der Waals surface area contributed by atoms with Gasteiger partial charge < -0.3 is 96.9 Å². The van der Waals surface area contributed by atoms with E-state index in [1.807, 2.05) is 19.1 Å². The van der Waals surface area contributed by atoms with E-state index in [0.29, 0.717) is 106 Å². The third-order valence-corrected chi connectivity index (χ3v) is 15.3. The number of aliphatic carboxylic acids is 2. The number of amides is 3. The maximum atomic E-state index is 12.4. The third-order valence-electron chi connectivity index (χ3n) is 14.8. The van der Waals surface area contributed by atoms with Gasteiger partial charge in [0.2, 0.25) is 29.4 Å². The van der Waals surface area contributed by atoms with Gasteiger partial charge in [-0.3, -0.25) is 32.5 Å². The zero-order valence-electron chi connectivity index (χ0n) is 71.3. The predicted octanol–water partition coefficient (Wildman–Crippen LogP) is 0.513. The van der Waals surface area contributed by atoms with E-state index < -0.39 is 50.3 Å². The van der Waals surface area contributed by atoms with Crippen LogP contribution in [0.4, 0.5) is 21.8 Å². The minimum Gasteiger partial charge on any atom is -1.00 e. The van der Waals surface area contributed by atoms with Crippen molar-refractivity contribution in [3.05, 3.63) is 145 Å². The number of H-pyrrole nitrogens is 2. The molecule has 11 aromatic heterocycles. The van der Waals surface area contributed by atoms with Gasteiger partial charge in [0, 0.05) is 74.5 Å². The largest absolute Gasteiger partial charge is 1.00 e. The number of rotatable bonds is 23. The molecule has 12 N–H and O–H groups in total. The summed E-state index contributed by atoms with van der Waals surface area (Å²) in [6, 6.07) is 29.5. The van der Waals surface area contributed by atoms with Gasteiger partial charge in [0.05, 0.1) is 72.2 Å². The van der Waals surface area contributed by atoms with Crippen LogP contribution in [-0.2, 0) is 43.6 Å². The van der Waals surface area contributed by atoms with Crippen LogP contribution >= 0.6 is 79.0 Å². The van der Waals surface area contributed by atoms with Crippen molar-refractivity contribution in [3.63, 3.8) is 0 Å². The van der Waals surface area contributed by atoms with Crippen molar-refractivity contribution in [1.29, 1.82) is 10.5 Å². The van der Waals surface area contributed by atoms with Crippen molar-refractivity contribution in [2.75, 3.05) is 119 Å². The summed E-state index contributed by atoms with van der Waals surface area (Å²) >= 11 is 8.44. The number of ether oxygens (including phenoxy) is 8. The maximum Gasteiger partial charge on any atom is 1.00 e. The molecule has 11 aromatic rings. The van der Waals surface area contributed by atoms with Crippen LogP contribution in [0.25, 0.3) is 33.5 Å². The summed E-state index contributed by atoms with van der Waals surface area (Å²) in [7, 11) is 21.0. The van der Waals surface area contributed by atoms with Gasteiger partial charge in [-0.05, 0) is 71.6 Å². The predicted molar refractivity (Wildman–Crippen MR) is 495 cm³/mol. The van der Waals surface area contributed by atoms with Crippen LogP contribution in [0.2, 0.25) is 0 Å². The smallest absolute Gasteiger partial charge is 1.00 e. The van der Waals surface area contributed by atoms with Crippen molar-refractivity contribution < 1.29 is 127 Å². The second-order valence-electron chi connectivity index (χ2n) is 24.1. The Morgan fingerprint density at radius 1 is 0.677 bits per heavy atom. The number of nitrogen functional groups attached to an aromatic ring is 3. The van der Waals surface area contributed by atoms with Gasteiger partial charge in [0.25, 0.3) is 17.8 Å². The number of carbonyl (C=O) groups is 5. The third kappa shape index (κ3) is 41.8. The summed E-state index contributed by atoms with van der Waals surface area (Å²) in [6.07, 6.45) is 4.19. The van der Waals surface area contributed by atoms with E-state index >= 15 is 0 Å². The fourth-order valence-electron chi connectivity index (χ4n) is 9.17. The number of fused-ring (bicyclic) bond motifs is 5. The number of unbranched alkanes of at least 4 members (excludes halogenated alkanes) is 2. The summed E-state index contributed by atoms with van der Waals surface area (Å²) in [4.78, 5) is 137. The molecule has 0 saturated heterocycles. The van der Waals surface area contributed by atoms with E-state index in [0.717, 1.165) is 33.6 Å². The Balaban J connectivity index is 0.00000155. The Morgan fingerprint density at radius 3 is 1.68 bits per heavy atom. The van der Waals surface area contributed by atoms with Crippen molar-refractivity contribution in [3.8, 4) is 59.7 Å². The number of imidazole rings is 3. The number of aliphatic hydroxyl groups is 1. The Bertz CT molecular complexity index is 5490. The number of nitrogens with two attached hydrogens (primary N) is 3. The van der Waals surface area contributed by atoms with Gasteiger partial charge >= 0.3 is 121 Å². The second-order valence-corrected chi connectivity index (χ2v) is 45.5. The summed E-state index contributed by atoms with van der Waals surface area (Å²) in [5, 5.41) is 45.2. The van der Waals surface area contributed by atoms with Crippen LogP contribution in [0.15, 0.2) is 105 Å². The van der Waals surface area contributed by atoms with Gasteiger partial charge in [-0.25, -0.2) is 44.1 Å². The number of likely N-dealkylation sites (N-methyl/N-ethyl adjacent to an activating group) is 2. The van der Waals surface area contributed by atoms with Crippen molar-refractivity contribution in [2.45, 2.75) is 73.0 Å². The SMILES string of the molecule is C.CCCCOc1nc(N)c2[nH]c(=O)n(Cc3cccc(OCC(=O)O)n3)c2n1.CCCCOc1nc(N)c2nc(OC)n(Cc3cccc(OCC(=O)O)n3)c2n1.CN(C)C(=O)CO.CN(C)C(=O)COc1cccc(C#N)n1.I[I-]I.N#Cc1cccc(Br)n1.Nc1nc2nc3c1[nH]c(=O)n3Cc1cccc(n1)OCC(=O)NCCCO2.PPP.[2H]CF.[B][B].[H-].[Na+]. The summed E-state index contributed by atoms with van der Waals surface area (Å²) in [5.41, 5.74) is 21.5. The zero-order valence-corrected chi connectivity index (χ0v) is 82.6. The number of aliphatic hydroxyl groups excluding tert-OH is 1. The number of carboxylic acid groups (broad SMARTS) is 2. The Hall–Kier alpha value is -9.89. The zero-order chi connectivity index (χ0) is 93.6. The van der Waals surface area contributed by atoms with E-state index in [1.165, 1.54) is 32.1 Å². The van der Waals surface area contributed by atoms with Crippen molar-refractivity contribution in [1.82, 2.24) is 98.6 Å². The van der Waals surface area contributed by atoms with Crippen LogP contribution in [0.3, 0.4) is 0 Å². The average molecular weight is 2230 g/mol. The average Bonchev–Trinajstić information content (AvgIpc) is 1.65. The molecule has 0 aromatic carbocycles. The molecule has 127 heavy (non-hydrogen) atoms. The molecular formula is C73H95B2BrFI3N25NaO18P3-. The Morgan fingerprint density at radius 2 is 1.17 bits per heavy atom. The van der Waals surface area contributed by atoms with E-state index in [4.69, 9.17) is 82.3 Å². The first-order valence-electron chi connectivity index (χ1n) is 36.9. The van der Waals surface area contributed by atoms with Crippen molar-refractivity contribution in [2.24, 2.45) is 0 Å². The number of hydrogen-bond donors (Lipinski definition) is 9. The number of nitriles is 2. The van der Waals surface area contributed by atoms with Crippen LogP contribution in [0.5, 0.6) is 47.6 Å². The molecule has 0 saturated carbocycles. The number of halogens is 5. The minimum atomic E-state index is -1.11. The fraction of sp³-hybridized carbons (Fsp3) is 0.356. The standard InChI is InChI=1S/C18H22N6O5.C17H20N6O5.C16H17N7O4.C10H11N3O2.C6H3BrN2.C4H9NO2.CH3F.CH4.B2.I3.Na.H5P3.H/c1-3-4-8-28-17-22-15(19)14-16(23-17)24(18(21-14)27-2)9-11-6-5-7-12(20-11)29-10-13(25)26;1-2-3-7-27-16-21-14(18)13-15(22-16)23(17(26)20-13)8-10-5-4-6-11(19-10)28-9-12(24)25;17-13-12-14-22-15(21-13)26-6-2-5-18-10(24)8-27-11-4-1-3-9(19-11)7-23(14)16(25)20-12;1-13(2)10(14)7-15-9-5-3-4-8(6-11)12-9;7-6-3-1-2-5(4-8)9-6;1-5(2)4(7)3-6;1-2;;1-2;1-3-2;;1-3-2;/h5-7H,3-4,8-10H2,1-2H3,(H,25,26)(H2,19,22,23);4-6H,2-3,7-9H2,1H3,(H,20,26)(H,24,25)(H2,18,21,22);1,3-4H,2,5-8H2,(H,18,24)(H,20,25)(H2,17,21,22);3-5H,7H2,1-2H3;1-3H;6H,3H2,1-2H3;1H3;1H4;;;;3H,1-2H2;/q;;;;;;;;;-1;+1;;-1/i;;;;;;1D;;;;;;. The van der Waals surface area contributed by atoms with Crippen LogP contribution in [-0.4, -0.2) is 256 Å². The Kier molecular flexibility index (Phi) is 57.7. The molecular weight excluding hydrogens is 2130 g/mol. The number of hydrogen-bond acceptors (Lipinski definition) is 33. The maximum absolute atomic E-state index is 12.4. The topological polar surface area (TPSA) is 599 Å². The summed E-state index contributed by atoms with van der Waals surface area (Å²) < 4.78 is 63.3. The number of anilines is 3. The number of aromatic nitrogens is 17. The minimum absolute atomic E-state index is 0. The van der Waals surface area contributed by atoms with Gasteiger partial charge in [-0.2, -0.15) is 45.4 Å². The monoisotopic (exact) mass is 2230 g/mol. The first-order valence-corrected chi connectivity index (χ1v) is 54.2. The quantitative estimate of drug-likeness (QED) is 0.0138. The van der Waals surface area contributed by atoms with Crippen LogP contribution in [0, 0.1) is 22.7 Å². The molecule has 2 atom stereocenters. The molecule has 43 nitrogen and oxygen atoms in total. The molecule has 54 heteroatoms. The molecule has 1 aliphatic rings. The van der Waals surface area contributed by atoms with Gasteiger partial charge in [-0.15, -0.1) is 17.9 Å². The molecule has 1 aliphatic heterocycles. The Labute approximate surface area is 801 Å². The van der Waals surface area contributed by atoms with Crippen molar-refractivity contribution >= 4 is 175 Å². The summed E-state index contributed by atoms with van der Waals surface area (Å²) in [6.45, 7) is 4.56. The van der Waals surface area contributed by atoms with Gasteiger partial charge in [0.1, 0.15) is 45.8 Å². The molecule has 2 unspecified atom stereocenters. The molecule has 12 rings (SSSR count). The summed E-state index contributed by atoms with van der Waals surface area (Å²) in [5.74, 6) is -1.54. The number of carbonyl (C=O) groups excluding carboxylic acids is 3. The molecule has 0 fully saturated rings. The van der Waals surface area contributed by atoms with Crippen LogP contribution < -0.4 is 115 Å². The normalized spacial score (nSPS) is 10.7. The molecule has 678 valence electrons. The van der Waals surface area contributed by atoms with E-state index in [1.54, 1.807) is 118 Å². The number of methoxy groups -OCH3 is 1. The first-order chi connectivity index (χ1) is 60.5. The molecule has 12 heterocycles. The molecule has 0 spiro atoms. The second kappa shape index (κ2) is 64.8.